The number of ether oxygens (including phenoxy) is 1. The molecule has 19 heavy (non-hydrogen) atoms. The van der Waals surface area contributed by atoms with Crippen LogP contribution in [0.3, 0.4) is 0 Å². The van der Waals surface area contributed by atoms with Crippen LogP contribution in [0.5, 0.6) is 5.75 Å². The van der Waals surface area contributed by atoms with Gasteiger partial charge >= 0.3 is 0 Å². The summed E-state index contributed by atoms with van der Waals surface area (Å²) in [7, 11) is 0. The molecule has 0 spiro atoms. The van der Waals surface area contributed by atoms with Crippen LogP contribution in [-0.2, 0) is 0 Å². The number of nitrogens with one attached hydrogen (secondary N) is 1. The first-order chi connectivity index (χ1) is 9.26. The van der Waals surface area contributed by atoms with Crippen molar-refractivity contribution in [1.82, 2.24) is 5.32 Å². The minimum absolute atomic E-state index is 0.468. The van der Waals surface area contributed by atoms with Crippen LogP contribution in [0.15, 0.2) is 18.2 Å². The van der Waals surface area contributed by atoms with Gasteiger partial charge in [-0.1, -0.05) is 31.0 Å². The van der Waals surface area contributed by atoms with Crippen LogP contribution in [0, 0.1) is 12.8 Å². The van der Waals surface area contributed by atoms with Gasteiger partial charge in [-0.3, -0.25) is 0 Å². The van der Waals surface area contributed by atoms with Gasteiger partial charge in [-0.25, -0.2) is 0 Å². The molecule has 1 saturated carbocycles. The second-order valence-corrected chi connectivity index (χ2v) is 5.60. The minimum atomic E-state index is 0.468. The predicted octanol–water partition coefficient (Wildman–Crippen LogP) is 4.23. The fraction of sp³-hybridized carbons (Fsp3) is 0.647. The predicted molar refractivity (Wildman–Crippen MR) is 80.7 cm³/mol. The molecule has 0 bridgehead atoms. The molecule has 1 aliphatic rings. The molecule has 1 aromatic rings. The largest absolute Gasteiger partial charge is 0.494 e. The van der Waals surface area contributed by atoms with E-state index in [1.54, 1.807) is 0 Å². The van der Waals surface area contributed by atoms with Gasteiger partial charge in [0.2, 0.25) is 0 Å². The Balaban J connectivity index is 2.24. The first kappa shape index (κ1) is 14.4. The molecule has 0 aromatic heterocycles. The maximum absolute atomic E-state index is 5.83. The quantitative estimate of drug-likeness (QED) is 0.793. The Hall–Kier alpha value is -1.02. The van der Waals surface area contributed by atoms with Crippen molar-refractivity contribution < 1.29 is 4.74 Å². The van der Waals surface area contributed by atoms with E-state index in [0.717, 1.165) is 24.8 Å². The van der Waals surface area contributed by atoms with Crippen LogP contribution in [0.2, 0.25) is 0 Å². The lowest BCUT2D eigenvalue weighted by Crippen LogP contribution is -2.33. The van der Waals surface area contributed by atoms with Crippen LogP contribution in [0.1, 0.15) is 56.7 Å². The lowest BCUT2D eigenvalue weighted by Gasteiger charge is -2.35. The first-order valence-corrected chi connectivity index (χ1v) is 7.73. The average Bonchev–Trinajstić information content (AvgIpc) is 2.34. The molecular formula is C17H27NO. The van der Waals surface area contributed by atoms with Crippen LogP contribution < -0.4 is 10.1 Å². The van der Waals surface area contributed by atoms with E-state index < -0.39 is 0 Å². The summed E-state index contributed by atoms with van der Waals surface area (Å²) in [5, 5.41) is 3.73. The van der Waals surface area contributed by atoms with E-state index in [1.165, 1.54) is 36.8 Å². The zero-order valence-electron chi connectivity index (χ0n) is 12.5. The zero-order chi connectivity index (χ0) is 13.7. The summed E-state index contributed by atoms with van der Waals surface area (Å²) in [6.07, 6.45) is 5.26. The molecular weight excluding hydrogens is 234 g/mol. The molecule has 1 N–H and O–H groups in total. The highest BCUT2D eigenvalue weighted by Crippen LogP contribution is 2.41. The molecule has 1 fully saturated rings. The minimum Gasteiger partial charge on any atom is -0.494 e. The molecule has 106 valence electrons. The molecule has 2 rings (SSSR count). The highest BCUT2D eigenvalue weighted by Gasteiger charge is 2.29. The van der Waals surface area contributed by atoms with Crippen molar-refractivity contribution in [2.75, 3.05) is 13.2 Å². The van der Waals surface area contributed by atoms with Crippen LogP contribution >= 0.6 is 0 Å². The Kier molecular flexibility index (Phi) is 5.26. The van der Waals surface area contributed by atoms with Gasteiger partial charge in [-0.05, 0) is 51.6 Å². The summed E-state index contributed by atoms with van der Waals surface area (Å²) in [5.74, 6) is 1.85. The SMILES string of the molecule is CCCNC(c1cc(C)ccc1OCC)C1CCC1. The highest BCUT2D eigenvalue weighted by molar-refractivity contribution is 5.39. The summed E-state index contributed by atoms with van der Waals surface area (Å²) in [4.78, 5) is 0. The smallest absolute Gasteiger partial charge is 0.124 e. The molecule has 1 atom stereocenters. The highest BCUT2D eigenvalue weighted by atomic mass is 16.5. The fourth-order valence-electron chi connectivity index (χ4n) is 2.80. The zero-order valence-corrected chi connectivity index (χ0v) is 12.5. The first-order valence-electron chi connectivity index (χ1n) is 7.73. The molecule has 0 saturated heterocycles. The average molecular weight is 261 g/mol. The molecule has 0 amide bonds. The van der Waals surface area contributed by atoms with E-state index in [-0.39, 0.29) is 0 Å². The van der Waals surface area contributed by atoms with Gasteiger partial charge < -0.3 is 10.1 Å². The van der Waals surface area contributed by atoms with Crippen molar-refractivity contribution in [2.45, 2.75) is 52.5 Å². The molecule has 1 aliphatic carbocycles. The van der Waals surface area contributed by atoms with Crippen molar-refractivity contribution in [3.8, 4) is 5.75 Å². The van der Waals surface area contributed by atoms with E-state index in [1.807, 2.05) is 0 Å². The summed E-state index contributed by atoms with van der Waals surface area (Å²) in [5.41, 5.74) is 2.68. The van der Waals surface area contributed by atoms with Gasteiger partial charge in [-0.15, -0.1) is 0 Å². The third-order valence-electron chi connectivity index (χ3n) is 4.04. The Labute approximate surface area is 117 Å². The monoisotopic (exact) mass is 261 g/mol. The van der Waals surface area contributed by atoms with E-state index in [2.05, 4.69) is 44.3 Å². The van der Waals surface area contributed by atoms with Crippen molar-refractivity contribution in [3.05, 3.63) is 29.3 Å². The maximum Gasteiger partial charge on any atom is 0.124 e. The molecule has 0 aliphatic heterocycles. The lowest BCUT2D eigenvalue weighted by atomic mass is 9.76. The van der Waals surface area contributed by atoms with Crippen molar-refractivity contribution in [1.29, 1.82) is 0 Å². The summed E-state index contributed by atoms with van der Waals surface area (Å²) in [6.45, 7) is 8.27. The van der Waals surface area contributed by atoms with Crippen LogP contribution in [0.4, 0.5) is 0 Å². The number of aryl methyl sites for hydroxylation is 1. The fourth-order valence-corrected chi connectivity index (χ4v) is 2.80. The normalized spacial score (nSPS) is 17.0. The number of rotatable bonds is 7. The van der Waals surface area contributed by atoms with Gasteiger partial charge in [0, 0.05) is 11.6 Å². The third-order valence-corrected chi connectivity index (χ3v) is 4.04. The van der Waals surface area contributed by atoms with E-state index in [9.17, 15) is 0 Å². The van der Waals surface area contributed by atoms with Gasteiger partial charge in [0.1, 0.15) is 5.75 Å². The van der Waals surface area contributed by atoms with Crippen molar-refractivity contribution in [3.63, 3.8) is 0 Å². The second-order valence-electron chi connectivity index (χ2n) is 5.60. The molecule has 0 radical (unpaired) electrons. The van der Waals surface area contributed by atoms with E-state index >= 15 is 0 Å². The number of benzene rings is 1. The van der Waals surface area contributed by atoms with E-state index in [0.29, 0.717) is 6.04 Å². The number of hydrogen-bond acceptors (Lipinski definition) is 2. The molecule has 1 aromatic carbocycles. The Morgan fingerprint density at radius 1 is 1.32 bits per heavy atom. The Morgan fingerprint density at radius 3 is 2.68 bits per heavy atom. The van der Waals surface area contributed by atoms with Gasteiger partial charge in [0.05, 0.1) is 6.61 Å². The number of hydrogen-bond donors (Lipinski definition) is 1. The molecule has 1 unspecified atom stereocenters. The van der Waals surface area contributed by atoms with E-state index in [4.69, 9.17) is 4.74 Å². The Morgan fingerprint density at radius 2 is 2.11 bits per heavy atom. The van der Waals surface area contributed by atoms with Gasteiger partial charge in [0.25, 0.3) is 0 Å². The summed E-state index contributed by atoms with van der Waals surface area (Å²) >= 11 is 0. The molecule has 2 heteroatoms. The summed E-state index contributed by atoms with van der Waals surface area (Å²) in [6, 6.07) is 7.05. The topological polar surface area (TPSA) is 21.3 Å². The van der Waals surface area contributed by atoms with Crippen molar-refractivity contribution in [2.24, 2.45) is 5.92 Å². The Bertz CT molecular complexity index is 398. The molecule has 2 nitrogen and oxygen atoms in total. The van der Waals surface area contributed by atoms with Crippen LogP contribution in [-0.4, -0.2) is 13.2 Å². The molecule has 0 heterocycles. The lowest BCUT2D eigenvalue weighted by molar-refractivity contribution is 0.224. The van der Waals surface area contributed by atoms with Gasteiger partial charge in [-0.2, -0.15) is 0 Å². The second kappa shape index (κ2) is 6.95. The third kappa shape index (κ3) is 3.50. The van der Waals surface area contributed by atoms with Crippen LogP contribution in [0.25, 0.3) is 0 Å². The summed E-state index contributed by atoms with van der Waals surface area (Å²) < 4.78 is 5.83. The van der Waals surface area contributed by atoms with Gasteiger partial charge in [0.15, 0.2) is 0 Å². The van der Waals surface area contributed by atoms with Crippen molar-refractivity contribution >= 4 is 0 Å². The standard InChI is InChI=1S/C17H27NO/c1-4-11-18-17(14-7-6-8-14)15-12-13(3)9-10-16(15)19-5-2/h9-10,12,14,17-18H,4-8,11H2,1-3H3. The maximum atomic E-state index is 5.83.